The van der Waals surface area contributed by atoms with Crippen LogP contribution in [0.1, 0.15) is 32.3 Å². The molecule has 0 saturated carbocycles. The Labute approximate surface area is 113 Å². The lowest BCUT2D eigenvalue weighted by atomic mass is 10.0. The molecule has 1 aromatic carbocycles. The van der Waals surface area contributed by atoms with Crippen molar-refractivity contribution in [2.75, 3.05) is 0 Å². The average molecular weight is 260 g/mol. The van der Waals surface area contributed by atoms with Gasteiger partial charge in [-0.05, 0) is 18.4 Å². The van der Waals surface area contributed by atoms with Gasteiger partial charge in [-0.2, -0.15) is 0 Å². The van der Waals surface area contributed by atoms with Gasteiger partial charge in [0.15, 0.2) is 0 Å². The van der Waals surface area contributed by atoms with Crippen LogP contribution < -0.4 is 5.32 Å². The summed E-state index contributed by atoms with van der Waals surface area (Å²) in [6.45, 7) is 4.35. The molecule has 0 aliphatic carbocycles. The van der Waals surface area contributed by atoms with Crippen molar-refractivity contribution in [3.8, 4) is 0 Å². The zero-order valence-corrected chi connectivity index (χ0v) is 11.4. The maximum Gasteiger partial charge on any atom is 0.246 e. The highest BCUT2D eigenvalue weighted by molar-refractivity contribution is 5.96. The van der Waals surface area contributed by atoms with Gasteiger partial charge in [0.1, 0.15) is 12.1 Å². The van der Waals surface area contributed by atoms with Crippen molar-refractivity contribution < 1.29 is 9.59 Å². The van der Waals surface area contributed by atoms with E-state index in [0.717, 1.165) is 5.56 Å². The topological polar surface area (TPSA) is 49.4 Å². The molecule has 2 amide bonds. The summed E-state index contributed by atoms with van der Waals surface area (Å²) in [6.07, 6.45) is 1.27. The maximum atomic E-state index is 12.4. The van der Waals surface area contributed by atoms with Crippen molar-refractivity contribution in [3.05, 3.63) is 35.9 Å². The van der Waals surface area contributed by atoms with Crippen LogP contribution >= 0.6 is 0 Å². The van der Waals surface area contributed by atoms with Gasteiger partial charge in [-0.3, -0.25) is 9.59 Å². The fourth-order valence-corrected chi connectivity index (χ4v) is 2.48. The molecule has 1 N–H and O–H groups in total. The second kappa shape index (κ2) is 5.87. The van der Waals surface area contributed by atoms with Gasteiger partial charge in [0.2, 0.25) is 11.8 Å². The number of rotatable bonds is 4. The van der Waals surface area contributed by atoms with Crippen molar-refractivity contribution in [1.29, 1.82) is 0 Å². The molecule has 1 heterocycles. The van der Waals surface area contributed by atoms with Gasteiger partial charge >= 0.3 is 0 Å². The number of benzene rings is 1. The quantitative estimate of drug-likeness (QED) is 0.896. The first-order chi connectivity index (χ1) is 9.17. The van der Waals surface area contributed by atoms with E-state index in [1.165, 1.54) is 0 Å². The van der Waals surface area contributed by atoms with E-state index in [9.17, 15) is 9.59 Å². The standard InChI is InChI=1S/C15H20N2O2/c1-3-12-15(19)17(13(4-2)14(18)16-12)10-11-8-6-5-7-9-11/h5-9,12-13H,3-4,10H2,1-2H3,(H,16,18)/t12-,13+/m0/s1. The lowest BCUT2D eigenvalue weighted by Crippen LogP contribution is -2.62. The van der Waals surface area contributed by atoms with Gasteiger partial charge in [0, 0.05) is 6.54 Å². The minimum atomic E-state index is -0.376. The Morgan fingerprint density at radius 2 is 1.79 bits per heavy atom. The van der Waals surface area contributed by atoms with E-state index in [-0.39, 0.29) is 23.9 Å². The molecule has 2 rings (SSSR count). The van der Waals surface area contributed by atoms with Crippen LogP contribution in [0, 0.1) is 0 Å². The van der Waals surface area contributed by atoms with E-state index in [1.54, 1.807) is 4.90 Å². The second-order valence-electron chi connectivity index (χ2n) is 4.85. The number of amides is 2. The Morgan fingerprint density at radius 1 is 1.11 bits per heavy atom. The first-order valence-electron chi connectivity index (χ1n) is 6.82. The number of piperazine rings is 1. The van der Waals surface area contributed by atoms with Crippen molar-refractivity contribution in [3.63, 3.8) is 0 Å². The number of nitrogens with one attached hydrogen (secondary N) is 1. The van der Waals surface area contributed by atoms with E-state index in [0.29, 0.717) is 19.4 Å². The zero-order valence-electron chi connectivity index (χ0n) is 11.4. The molecule has 102 valence electrons. The van der Waals surface area contributed by atoms with Crippen molar-refractivity contribution in [1.82, 2.24) is 10.2 Å². The molecule has 0 bridgehead atoms. The Hall–Kier alpha value is -1.84. The third kappa shape index (κ3) is 2.78. The van der Waals surface area contributed by atoms with Gasteiger partial charge in [0.05, 0.1) is 0 Å². The van der Waals surface area contributed by atoms with Crippen LogP contribution in [0.3, 0.4) is 0 Å². The summed E-state index contributed by atoms with van der Waals surface area (Å²) in [5.74, 6) is -0.0114. The number of nitrogens with zero attached hydrogens (tertiary/aromatic N) is 1. The highest BCUT2D eigenvalue weighted by Crippen LogP contribution is 2.18. The van der Waals surface area contributed by atoms with Crippen LogP contribution in [-0.2, 0) is 16.1 Å². The molecule has 0 unspecified atom stereocenters. The monoisotopic (exact) mass is 260 g/mol. The third-order valence-electron chi connectivity index (χ3n) is 3.57. The molecular formula is C15H20N2O2. The highest BCUT2D eigenvalue weighted by Gasteiger charge is 2.38. The maximum absolute atomic E-state index is 12.4. The molecular weight excluding hydrogens is 240 g/mol. The first-order valence-corrected chi connectivity index (χ1v) is 6.82. The SMILES string of the molecule is CC[C@@H]1NC(=O)[C@@H](CC)N(Cc2ccccc2)C1=O. The molecule has 1 aromatic rings. The third-order valence-corrected chi connectivity index (χ3v) is 3.57. The van der Waals surface area contributed by atoms with E-state index in [1.807, 2.05) is 44.2 Å². The van der Waals surface area contributed by atoms with Crippen molar-refractivity contribution >= 4 is 11.8 Å². The van der Waals surface area contributed by atoms with Crippen molar-refractivity contribution in [2.24, 2.45) is 0 Å². The van der Waals surface area contributed by atoms with E-state index < -0.39 is 0 Å². The molecule has 0 aromatic heterocycles. The molecule has 1 aliphatic rings. The van der Waals surface area contributed by atoms with E-state index in [4.69, 9.17) is 0 Å². The normalized spacial score (nSPS) is 23.4. The Balaban J connectivity index is 2.22. The van der Waals surface area contributed by atoms with Gasteiger partial charge in [-0.25, -0.2) is 0 Å². The lowest BCUT2D eigenvalue weighted by Gasteiger charge is -2.38. The molecule has 0 spiro atoms. The number of hydrogen-bond donors (Lipinski definition) is 1. The molecule has 2 atom stereocenters. The fourth-order valence-electron chi connectivity index (χ4n) is 2.48. The predicted octanol–water partition coefficient (Wildman–Crippen LogP) is 1.70. The van der Waals surface area contributed by atoms with E-state index in [2.05, 4.69) is 5.32 Å². The highest BCUT2D eigenvalue weighted by atomic mass is 16.2. The molecule has 1 fully saturated rings. The molecule has 19 heavy (non-hydrogen) atoms. The first kappa shape index (κ1) is 13.6. The Bertz CT molecular complexity index is 458. The fraction of sp³-hybridized carbons (Fsp3) is 0.467. The summed E-state index contributed by atoms with van der Waals surface area (Å²) in [5, 5.41) is 2.80. The van der Waals surface area contributed by atoms with Crippen molar-refractivity contribution in [2.45, 2.75) is 45.3 Å². The molecule has 0 radical (unpaired) electrons. The minimum Gasteiger partial charge on any atom is -0.343 e. The van der Waals surface area contributed by atoms with Crippen LogP contribution in [0.2, 0.25) is 0 Å². The van der Waals surface area contributed by atoms with Crippen LogP contribution in [0.25, 0.3) is 0 Å². The molecule has 1 saturated heterocycles. The smallest absolute Gasteiger partial charge is 0.246 e. The average Bonchev–Trinajstić information content (AvgIpc) is 2.44. The van der Waals surface area contributed by atoms with Crippen LogP contribution in [0.5, 0.6) is 0 Å². The number of carbonyl (C=O) groups excluding carboxylic acids is 2. The lowest BCUT2D eigenvalue weighted by molar-refractivity contribution is -0.150. The zero-order chi connectivity index (χ0) is 13.8. The van der Waals surface area contributed by atoms with Crippen LogP contribution in [-0.4, -0.2) is 28.8 Å². The molecule has 1 aliphatic heterocycles. The number of hydrogen-bond acceptors (Lipinski definition) is 2. The Kier molecular flexibility index (Phi) is 4.20. The predicted molar refractivity (Wildman–Crippen MR) is 73.3 cm³/mol. The summed E-state index contributed by atoms with van der Waals surface area (Å²) in [5.41, 5.74) is 1.05. The van der Waals surface area contributed by atoms with E-state index >= 15 is 0 Å². The van der Waals surface area contributed by atoms with Crippen LogP contribution in [0.15, 0.2) is 30.3 Å². The molecule has 4 nitrogen and oxygen atoms in total. The largest absolute Gasteiger partial charge is 0.343 e. The minimum absolute atomic E-state index is 0.0257. The van der Waals surface area contributed by atoms with Gasteiger partial charge in [-0.1, -0.05) is 44.2 Å². The summed E-state index contributed by atoms with van der Waals surface area (Å²) >= 11 is 0. The van der Waals surface area contributed by atoms with Gasteiger partial charge in [0.25, 0.3) is 0 Å². The summed E-state index contributed by atoms with van der Waals surface area (Å²) in [7, 11) is 0. The summed E-state index contributed by atoms with van der Waals surface area (Å²) < 4.78 is 0. The van der Waals surface area contributed by atoms with Gasteiger partial charge in [-0.15, -0.1) is 0 Å². The Morgan fingerprint density at radius 3 is 2.37 bits per heavy atom. The molecule has 4 heteroatoms. The number of carbonyl (C=O) groups is 2. The second-order valence-corrected chi connectivity index (χ2v) is 4.85. The van der Waals surface area contributed by atoms with Crippen LogP contribution in [0.4, 0.5) is 0 Å². The van der Waals surface area contributed by atoms with Gasteiger partial charge < -0.3 is 10.2 Å². The summed E-state index contributed by atoms with van der Waals surface area (Å²) in [6, 6.07) is 9.07. The summed E-state index contributed by atoms with van der Waals surface area (Å²) in [4.78, 5) is 26.1.